The molecule has 0 amide bonds. The van der Waals surface area contributed by atoms with Crippen LogP contribution in [0.3, 0.4) is 0 Å². The fourth-order valence-corrected chi connectivity index (χ4v) is 2.97. The number of anilines is 1. The average Bonchev–Trinajstić information content (AvgIpc) is 2.91. The molecule has 2 aromatic rings. The van der Waals surface area contributed by atoms with Crippen LogP contribution in [0, 0.1) is 0 Å². The van der Waals surface area contributed by atoms with Crippen molar-refractivity contribution >= 4 is 11.5 Å². The Bertz CT molecular complexity index is 589. The molecule has 5 heteroatoms. The van der Waals surface area contributed by atoms with E-state index in [2.05, 4.69) is 46.9 Å². The summed E-state index contributed by atoms with van der Waals surface area (Å²) in [6.07, 6.45) is 4.24. The normalized spacial score (nSPS) is 16.5. The maximum Gasteiger partial charge on any atom is 0.152 e. The van der Waals surface area contributed by atoms with E-state index in [9.17, 15) is 0 Å². The van der Waals surface area contributed by atoms with Crippen LogP contribution in [0.5, 0.6) is 0 Å². The van der Waals surface area contributed by atoms with Crippen LogP contribution in [0.15, 0.2) is 24.4 Å². The van der Waals surface area contributed by atoms with Crippen LogP contribution in [0.2, 0.25) is 0 Å². The molecule has 0 saturated carbocycles. The van der Waals surface area contributed by atoms with Gasteiger partial charge in [0, 0.05) is 39.0 Å². The molecule has 0 atom stereocenters. The molecular formula is C16H24N4O. The Balaban J connectivity index is 1.95. The largest absolute Gasteiger partial charge is 0.381 e. The lowest BCUT2D eigenvalue weighted by atomic mass is 10.1. The first-order valence-electron chi connectivity index (χ1n) is 7.78. The first-order chi connectivity index (χ1) is 10.3. The lowest BCUT2D eigenvalue weighted by molar-refractivity contribution is 0.0853. The minimum Gasteiger partial charge on any atom is -0.381 e. The van der Waals surface area contributed by atoms with Crippen LogP contribution >= 0.6 is 0 Å². The van der Waals surface area contributed by atoms with Crippen LogP contribution in [-0.4, -0.2) is 42.2 Å². The molecule has 3 rings (SSSR count). The van der Waals surface area contributed by atoms with Crippen molar-refractivity contribution in [3.63, 3.8) is 0 Å². The third kappa shape index (κ3) is 2.89. The third-order valence-corrected chi connectivity index (χ3v) is 4.22. The van der Waals surface area contributed by atoms with Crippen LogP contribution < -0.4 is 10.2 Å². The Hall–Kier alpha value is -1.59. The van der Waals surface area contributed by atoms with Crippen LogP contribution in [0.4, 0.5) is 5.82 Å². The SMILES string of the molecule is CCNCc1c(N(C)C2CCOCC2)nc2ccccn12. The van der Waals surface area contributed by atoms with Crippen LogP contribution in [0.1, 0.15) is 25.5 Å². The van der Waals surface area contributed by atoms with Gasteiger partial charge in [0.25, 0.3) is 0 Å². The van der Waals surface area contributed by atoms with E-state index >= 15 is 0 Å². The van der Waals surface area contributed by atoms with Gasteiger partial charge in [0.15, 0.2) is 5.82 Å². The fraction of sp³-hybridized carbons (Fsp3) is 0.562. The molecule has 114 valence electrons. The van der Waals surface area contributed by atoms with Gasteiger partial charge in [0.2, 0.25) is 0 Å². The molecule has 0 bridgehead atoms. The number of nitrogens with zero attached hydrogens (tertiary/aromatic N) is 3. The minimum absolute atomic E-state index is 0.518. The Morgan fingerprint density at radius 2 is 2.19 bits per heavy atom. The van der Waals surface area contributed by atoms with Crippen molar-refractivity contribution in [2.45, 2.75) is 32.4 Å². The first kappa shape index (κ1) is 14.4. The van der Waals surface area contributed by atoms with Crippen molar-refractivity contribution < 1.29 is 4.74 Å². The number of rotatable bonds is 5. The maximum absolute atomic E-state index is 5.48. The topological polar surface area (TPSA) is 41.8 Å². The van der Waals surface area contributed by atoms with E-state index in [1.54, 1.807) is 0 Å². The quantitative estimate of drug-likeness (QED) is 0.914. The predicted octanol–water partition coefficient (Wildman–Crippen LogP) is 2.06. The monoisotopic (exact) mass is 288 g/mol. The van der Waals surface area contributed by atoms with Crippen molar-refractivity contribution in [1.29, 1.82) is 0 Å². The van der Waals surface area contributed by atoms with Gasteiger partial charge in [-0.15, -0.1) is 0 Å². The highest BCUT2D eigenvalue weighted by molar-refractivity contribution is 5.56. The van der Waals surface area contributed by atoms with Gasteiger partial charge in [0.1, 0.15) is 5.65 Å². The van der Waals surface area contributed by atoms with Crippen molar-refractivity contribution in [3.05, 3.63) is 30.1 Å². The van der Waals surface area contributed by atoms with Gasteiger partial charge < -0.3 is 19.4 Å². The molecule has 1 aliphatic rings. The molecule has 1 fully saturated rings. The van der Waals surface area contributed by atoms with Gasteiger partial charge in [-0.2, -0.15) is 0 Å². The van der Waals surface area contributed by atoms with E-state index in [1.165, 1.54) is 5.69 Å². The van der Waals surface area contributed by atoms with Gasteiger partial charge in [0.05, 0.1) is 5.69 Å². The smallest absolute Gasteiger partial charge is 0.152 e. The lowest BCUT2D eigenvalue weighted by Crippen LogP contribution is -2.37. The minimum atomic E-state index is 0.518. The number of imidazole rings is 1. The summed E-state index contributed by atoms with van der Waals surface area (Å²) < 4.78 is 7.66. The molecule has 3 heterocycles. The van der Waals surface area contributed by atoms with Crippen LogP contribution in [0.25, 0.3) is 5.65 Å². The van der Waals surface area contributed by atoms with Gasteiger partial charge in [-0.3, -0.25) is 0 Å². The fourth-order valence-electron chi connectivity index (χ4n) is 2.97. The highest BCUT2D eigenvalue weighted by Gasteiger charge is 2.23. The summed E-state index contributed by atoms with van der Waals surface area (Å²) >= 11 is 0. The molecule has 21 heavy (non-hydrogen) atoms. The second-order valence-corrected chi connectivity index (χ2v) is 5.55. The summed E-state index contributed by atoms with van der Waals surface area (Å²) in [6, 6.07) is 6.68. The molecule has 0 aliphatic carbocycles. The maximum atomic E-state index is 5.48. The van der Waals surface area contributed by atoms with Gasteiger partial charge >= 0.3 is 0 Å². The summed E-state index contributed by atoms with van der Waals surface area (Å²) in [4.78, 5) is 7.18. The molecule has 1 aliphatic heterocycles. The van der Waals surface area contributed by atoms with Crippen LogP contribution in [-0.2, 0) is 11.3 Å². The van der Waals surface area contributed by atoms with E-state index in [0.717, 1.165) is 50.6 Å². The number of aromatic nitrogens is 2. The molecule has 5 nitrogen and oxygen atoms in total. The lowest BCUT2D eigenvalue weighted by Gasteiger charge is -2.32. The Labute approximate surface area is 125 Å². The summed E-state index contributed by atoms with van der Waals surface area (Å²) in [6.45, 7) is 5.63. The zero-order valence-electron chi connectivity index (χ0n) is 12.9. The zero-order chi connectivity index (χ0) is 14.7. The van der Waals surface area contributed by atoms with Gasteiger partial charge in [-0.25, -0.2) is 4.98 Å². The summed E-state index contributed by atoms with van der Waals surface area (Å²) in [7, 11) is 2.16. The molecule has 0 radical (unpaired) electrons. The molecule has 0 aromatic carbocycles. The molecule has 0 unspecified atom stereocenters. The predicted molar refractivity (Wildman–Crippen MR) is 84.8 cm³/mol. The highest BCUT2D eigenvalue weighted by Crippen LogP contribution is 2.25. The van der Waals surface area contributed by atoms with Crippen molar-refractivity contribution in [2.24, 2.45) is 0 Å². The number of hydrogen-bond acceptors (Lipinski definition) is 4. The summed E-state index contributed by atoms with van der Waals surface area (Å²) in [5.41, 5.74) is 2.25. The van der Waals surface area contributed by atoms with E-state index in [0.29, 0.717) is 6.04 Å². The summed E-state index contributed by atoms with van der Waals surface area (Å²) in [5.74, 6) is 1.09. The van der Waals surface area contributed by atoms with Gasteiger partial charge in [-0.05, 0) is 31.5 Å². The third-order valence-electron chi connectivity index (χ3n) is 4.22. The molecule has 1 saturated heterocycles. The van der Waals surface area contributed by atoms with Crippen molar-refractivity contribution in [3.8, 4) is 0 Å². The van der Waals surface area contributed by atoms with Crippen molar-refractivity contribution in [2.75, 3.05) is 31.7 Å². The molecule has 2 aromatic heterocycles. The second kappa shape index (κ2) is 6.45. The standard InChI is InChI=1S/C16H24N4O/c1-3-17-12-14-16(18-15-6-4-5-9-20(14)15)19(2)13-7-10-21-11-8-13/h4-6,9,13,17H,3,7-8,10-12H2,1-2H3. The zero-order valence-corrected chi connectivity index (χ0v) is 12.9. The Morgan fingerprint density at radius 3 is 2.95 bits per heavy atom. The first-order valence-corrected chi connectivity index (χ1v) is 7.78. The number of nitrogens with one attached hydrogen (secondary N) is 1. The number of fused-ring (bicyclic) bond motifs is 1. The van der Waals surface area contributed by atoms with Crippen molar-refractivity contribution in [1.82, 2.24) is 14.7 Å². The number of ether oxygens (including phenoxy) is 1. The van der Waals surface area contributed by atoms with Gasteiger partial charge in [-0.1, -0.05) is 13.0 Å². The molecular weight excluding hydrogens is 264 g/mol. The second-order valence-electron chi connectivity index (χ2n) is 5.55. The van der Waals surface area contributed by atoms with E-state index in [1.807, 2.05) is 6.07 Å². The number of pyridine rings is 1. The highest BCUT2D eigenvalue weighted by atomic mass is 16.5. The average molecular weight is 288 g/mol. The van der Waals surface area contributed by atoms with E-state index < -0.39 is 0 Å². The molecule has 1 N–H and O–H groups in total. The summed E-state index contributed by atoms with van der Waals surface area (Å²) in [5, 5.41) is 3.43. The molecule has 0 spiro atoms. The Morgan fingerprint density at radius 1 is 1.38 bits per heavy atom. The Kier molecular flexibility index (Phi) is 4.41. The van der Waals surface area contributed by atoms with E-state index in [-0.39, 0.29) is 0 Å². The van der Waals surface area contributed by atoms with E-state index in [4.69, 9.17) is 9.72 Å². The number of hydrogen-bond donors (Lipinski definition) is 1.